The second kappa shape index (κ2) is 12.6. The number of para-hydroxylation sites is 1. The molecule has 0 amide bonds. The van der Waals surface area contributed by atoms with Crippen LogP contribution in [0.4, 0.5) is 11.4 Å². The molecule has 0 aliphatic rings. The quantitative estimate of drug-likeness (QED) is 0.165. The van der Waals surface area contributed by atoms with Crippen LogP contribution in [0.5, 0.6) is 23.0 Å². The number of hydrogen-bond acceptors (Lipinski definition) is 4. The summed E-state index contributed by atoms with van der Waals surface area (Å²) in [6, 6.07) is 41.3. The van der Waals surface area contributed by atoms with E-state index in [1.54, 1.807) is 24.3 Å². The average molecular weight is 542 g/mol. The predicted octanol–water partition coefficient (Wildman–Crippen LogP) is 10.2. The van der Waals surface area contributed by atoms with Crippen molar-refractivity contribution in [2.45, 2.75) is 39.7 Å². The summed E-state index contributed by atoms with van der Waals surface area (Å²) in [5.41, 5.74) is 4.71. The van der Waals surface area contributed by atoms with Gasteiger partial charge in [0.25, 0.3) is 0 Å². The van der Waals surface area contributed by atoms with Crippen molar-refractivity contribution in [1.82, 2.24) is 0 Å². The van der Waals surface area contributed by atoms with Gasteiger partial charge in [0.05, 0.1) is 0 Å². The highest BCUT2D eigenvalue weighted by Crippen LogP contribution is 2.31. The van der Waals surface area contributed by atoms with Crippen LogP contribution in [-0.4, -0.2) is 11.8 Å². The number of benzene rings is 5. The Morgan fingerprint density at radius 3 is 1.32 bits per heavy atom. The van der Waals surface area contributed by atoms with Crippen molar-refractivity contribution in [2.75, 3.05) is 4.90 Å². The Morgan fingerprint density at radius 1 is 0.512 bits per heavy atom. The monoisotopic (exact) mass is 541 g/mol. The molecular formula is C37H35NO3. The van der Waals surface area contributed by atoms with Crippen LogP contribution < -0.4 is 14.4 Å². The summed E-state index contributed by atoms with van der Waals surface area (Å²) in [4.78, 5) is 15.4. The topological polar surface area (TPSA) is 38.8 Å². The van der Waals surface area contributed by atoms with Crippen LogP contribution in [0.2, 0.25) is 0 Å². The third-order valence-electron chi connectivity index (χ3n) is 6.92. The number of nitrogens with zero attached hydrogens (tertiary/aromatic N) is 1. The molecular weight excluding hydrogens is 506 g/mol. The lowest BCUT2D eigenvalue weighted by molar-refractivity contribution is 0.103. The Kier molecular flexibility index (Phi) is 8.50. The maximum absolute atomic E-state index is 13.1. The largest absolute Gasteiger partial charge is 0.457 e. The molecule has 0 aliphatic carbocycles. The van der Waals surface area contributed by atoms with Crippen LogP contribution >= 0.6 is 0 Å². The first-order chi connectivity index (χ1) is 19.9. The fourth-order valence-corrected chi connectivity index (χ4v) is 4.72. The minimum absolute atomic E-state index is 0.0524. The standard InChI is InChI=1S/C37H35NO3/c1-26(2)28-10-18-33(19-11-28)40-34-20-12-29(13-21-34)37(39)30-14-22-35(23-15-30)41-36-24-16-32(17-25-36)38(27(3)4)31-8-6-5-7-9-31/h5-27H,1-4H3. The van der Waals surface area contributed by atoms with E-state index in [-0.39, 0.29) is 5.78 Å². The fourth-order valence-electron chi connectivity index (χ4n) is 4.72. The molecule has 0 spiro atoms. The number of ether oxygens (including phenoxy) is 2. The summed E-state index contributed by atoms with van der Waals surface area (Å²) in [5.74, 6) is 3.29. The lowest BCUT2D eigenvalue weighted by Gasteiger charge is -2.29. The molecule has 41 heavy (non-hydrogen) atoms. The highest BCUT2D eigenvalue weighted by molar-refractivity contribution is 6.09. The lowest BCUT2D eigenvalue weighted by Crippen LogP contribution is -2.25. The second-order valence-electron chi connectivity index (χ2n) is 10.6. The maximum Gasteiger partial charge on any atom is 0.193 e. The second-order valence-corrected chi connectivity index (χ2v) is 10.6. The van der Waals surface area contributed by atoms with Crippen LogP contribution in [-0.2, 0) is 0 Å². The predicted molar refractivity (Wildman–Crippen MR) is 167 cm³/mol. The molecule has 0 heterocycles. The van der Waals surface area contributed by atoms with Gasteiger partial charge in [-0.05, 0) is 122 Å². The van der Waals surface area contributed by atoms with Crippen molar-refractivity contribution in [1.29, 1.82) is 0 Å². The zero-order chi connectivity index (χ0) is 28.8. The number of rotatable bonds is 10. The van der Waals surface area contributed by atoms with Gasteiger partial charge in [-0.2, -0.15) is 0 Å². The highest BCUT2D eigenvalue weighted by Gasteiger charge is 2.14. The summed E-state index contributed by atoms with van der Waals surface area (Å²) >= 11 is 0. The van der Waals surface area contributed by atoms with Crippen molar-refractivity contribution in [3.05, 3.63) is 144 Å². The Bertz CT molecular complexity index is 1560. The number of anilines is 2. The number of carbonyl (C=O) groups is 1. The molecule has 0 bridgehead atoms. The minimum Gasteiger partial charge on any atom is -0.457 e. The maximum atomic E-state index is 13.1. The molecule has 0 N–H and O–H groups in total. The van der Waals surface area contributed by atoms with Crippen LogP contribution in [0.1, 0.15) is 55.1 Å². The van der Waals surface area contributed by atoms with Crippen LogP contribution in [0.25, 0.3) is 0 Å². The zero-order valence-electron chi connectivity index (χ0n) is 24.0. The smallest absolute Gasteiger partial charge is 0.193 e. The SMILES string of the molecule is CC(C)c1ccc(Oc2ccc(C(=O)c3ccc(Oc4ccc(N(c5ccccc5)C(C)C)cc4)cc3)cc2)cc1. The first-order valence-electron chi connectivity index (χ1n) is 14.0. The van der Waals surface area contributed by atoms with E-state index in [2.05, 4.69) is 69.0 Å². The Labute approximate surface area is 242 Å². The van der Waals surface area contributed by atoms with E-state index in [0.717, 1.165) is 22.9 Å². The molecule has 0 atom stereocenters. The van der Waals surface area contributed by atoms with Gasteiger partial charge in [-0.15, -0.1) is 0 Å². The van der Waals surface area contributed by atoms with Crippen LogP contribution in [0, 0.1) is 0 Å². The molecule has 0 unspecified atom stereocenters. The van der Waals surface area contributed by atoms with Gasteiger partial charge in [0.1, 0.15) is 23.0 Å². The third-order valence-corrected chi connectivity index (χ3v) is 6.92. The van der Waals surface area contributed by atoms with Gasteiger partial charge in [0.15, 0.2) is 5.78 Å². The van der Waals surface area contributed by atoms with Crippen molar-refractivity contribution >= 4 is 17.2 Å². The molecule has 5 aromatic rings. The van der Waals surface area contributed by atoms with E-state index in [1.165, 1.54) is 5.56 Å². The zero-order valence-corrected chi connectivity index (χ0v) is 24.0. The molecule has 0 aromatic heterocycles. The summed E-state index contributed by atoms with van der Waals surface area (Å²) in [7, 11) is 0. The summed E-state index contributed by atoms with van der Waals surface area (Å²) in [5, 5.41) is 0. The summed E-state index contributed by atoms with van der Waals surface area (Å²) in [6.07, 6.45) is 0. The van der Waals surface area contributed by atoms with Crippen molar-refractivity contribution < 1.29 is 14.3 Å². The molecule has 4 nitrogen and oxygen atoms in total. The number of ketones is 1. The number of hydrogen-bond donors (Lipinski definition) is 0. The van der Waals surface area contributed by atoms with Crippen molar-refractivity contribution in [3.8, 4) is 23.0 Å². The van der Waals surface area contributed by atoms with Gasteiger partial charge in [-0.3, -0.25) is 4.79 Å². The van der Waals surface area contributed by atoms with Gasteiger partial charge >= 0.3 is 0 Å². The average Bonchev–Trinajstić information content (AvgIpc) is 2.99. The molecule has 5 aromatic carbocycles. The summed E-state index contributed by atoms with van der Waals surface area (Å²) < 4.78 is 12.0. The molecule has 5 rings (SSSR count). The Morgan fingerprint density at radius 2 is 0.902 bits per heavy atom. The van der Waals surface area contributed by atoms with E-state index in [1.807, 2.05) is 66.7 Å². The van der Waals surface area contributed by atoms with E-state index in [9.17, 15) is 4.79 Å². The van der Waals surface area contributed by atoms with Gasteiger partial charge in [0, 0.05) is 28.5 Å². The van der Waals surface area contributed by atoms with Gasteiger partial charge in [-0.25, -0.2) is 0 Å². The number of carbonyl (C=O) groups excluding carboxylic acids is 1. The lowest BCUT2D eigenvalue weighted by atomic mass is 10.0. The molecule has 0 radical (unpaired) electrons. The molecule has 206 valence electrons. The van der Waals surface area contributed by atoms with Crippen LogP contribution in [0.15, 0.2) is 127 Å². The molecule has 0 fully saturated rings. The van der Waals surface area contributed by atoms with Crippen molar-refractivity contribution in [2.24, 2.45) is 0 Å². The Balaban J connectivity index is 1.20. The first-order valence-corrected chi connectivity index (χ1v) is 14.0. The fraction of sp³-hybridized carbons (Fsp3) is 0.162. The van der Waals surface area contributed by atoms with E-state index in [0.29, 0.717) is 34.6 Å². The van der Waals surface area contributed by atoms with E-state index in [4.69, 9.17) is 9.47 Å². The van der Waals surface area contributed by atoms with E-state index < -0.39 is 0 Å². The van der Waals surface area contributed by atoms with Gasteiger partial charge in [0.2, 0.25) is 0 Å². The van der Waals surface area contributed by atoms with Crippen molar-refractivity contribution in [3.63, 3.8) is 0 Å². The molecule has 4 heteroatoms. The van der Waals surface area contributed by atoms with Crippen LogP contribution in [0.3, 0.4) is 0 Å². The molecule has 0 saturated carbocycles. The van der Waals surface area contributed by atoms with Gasteiger partial charge in [-0.1, -0.05) is 44.2 Å². The first kappa shape index (κ1) is 27.7. The van der Waals surface area contributed by atoms with Gasteiger partial charge < -0.3 is 14.4 Å². The normalized spacial score (nSPS) is 11.0. The Hall–Kier alpha value is -4.83. The van der Waals surface area contributed by atoms with E-state index >= 15 is 0 Å². The molecule has 0 aliphatic heterocycles. The highest BCUT2D eigenvalue weighted by atomic mass is 16.5. The molecule has 0 saturated heterocycles. The minimum atomic E-state index is -0.0524. The third kappa shape index (κ3) is 6.85. The summed E-state index contributed by atoms with van der Waals surface area (Å²) in [6.45, 7) is 8.68.